The van der Waals surface area contributed by atoms with E-state index in [1.807, 2.05) is 59.5 Å². The Balaban J connectivity index is 1.65. The van der Waals surface area contributed by atoms with Crippen molar-refractivity contribution in [3.63, 3.8) is 0 Å². The highest BCUT2D eigenvalue weighted by atomic mass is 79.9. The van der Waals surface area contributed by atoms with E-state index in [9.17, 15) is 9.59 Å². The maximum absolute atomic E-state index is 14.2. The minimum atomic E-state index is -0.643. The predicted molar refractivity (Wildman–Crippen MR) is 149 cm³/mol. The molecule has 2 amide bonds. The first-order valence-corrected chi connectivity index (χ1v) is 14.6. The highest BCUT2D eigenvalue weighted by Crippen LogP contribution is 2.36. The predicted octanol–water partition coefficient (Wildman–Crippen LogP) is 7.43. The van der Waals surface area contributed by atoms with E-state index in [4.69, 9.17) is 0 Å². The second-order valence-corrected chi connectivity index (χ2v) is 12.0. The number of hydrogen-bond donors (Lipinski definition) is 1. The van der Waals surface area contributed by atoms with Gasteiger partial charge < -0.3 is 10.2 Å². The zero-order valence-electron chi connectivity index (χ0n) is 21.8. The van der Waals surface area contributed by atoms with Gasteiger partial charge in [-0.2, -0.15) is 0 Å². The Bertz CT molecular complexity index is 977. The van der Waals surface area contributed by atoms with Gasteiger partial charge >= 0.3 is 0 Å². The zero-order valence-corrected chi connectivity index (χ0v) is 23.4. The monoisotopic (exact) mass is 552 g/mol. The standard InChI is InChI=1S/C31H41BrN2O2/c1-22(2)24-13-15-26(16-14-24)31(36)34(21-23-9-5-3-6-10-23)29(25-17-19-27(32)20-18-25)30(35)33-28-11-7-4-8-12-28/h3,5-6,9-10,17-20,22,24,26,28-29H,4,7-8,11-16,21H2,1-2H3,(H,33,35). The smallest absolute Gasteiger partial charge is 0.247 e. The van der Waals surface area contributed by atoms with Gasteiger partial charge in [-0.1, -0.05) is 91.5 Å². The minimum Gasteiger partial charge on any atom is -0.351 e. The number of amides is 2. The third-order valence-corrected chi connectivity index (χ3v) is 8.77. The number of carbonyl (C=O) groups is 2. The Morgan fingerprint density at radius 3 is 2.14 bits per heavy atom. The number of hydrogen-bond acceptors (Lipinski definition) is 2. The average molecular weight is 554 g/mol. The van der Waals surface area contributed by atoms with E-state index in [0.29, 0.717) is 18.4 Å². The maximum Gasteiger partial charge on any atom is 0.247 e. The largest absolute Gasteiger partial charge is 0.351 e. The van der Waals surface area contributed by atoms with Gasteiger partial charge in [0.25, 0.3) is 0 Å². The molecule has 2 aliphatic carbocycles. The van der Waals surface area contributed by atoms with Crippen molar-refractivity contribution in [3.8, 4) is 0 Å². The van der Waals surface area contributed by atoms with Crippen LogP contribution in [0.25, 0.3) is 0 Å². The van der Waals surface area contributed by atoms with Gasteiger partial charge in [-0.15, -0.1) is 0 Å². The lowest BCUT2D eigenvalue weighted by Gasteiger charge is -2.38. The van der Waals surface area contributed by atoms with Crippen LogP contribution in [0.1, 0.15) is 88.8 Å². The summed E-state index contributed by atoms with van der Waals surface area (Å²) >= 11 is 3.53. The maximum atomic E-state index is 14.2. The van der Waals surface area contributed by atoms with Gasteiger partial charge in [-0.25, -0.2) is 0 Å². The quantitative estimate of drug-likeness (QED) is 0.370. The molecule has 2 aromatic carbocycles. The molecule has 2 fully saturated rings. The van der Waals surface area contributed by atoms with E-state index in [1.54, 1.807) is 0 Å². The van der Waals surface area contributed by atoms with Crippen molar-refractivity contribution < 1.29 is 9.59 Å². The first-order valence-electron chi connectivity index (χ1n) is 13.8. The molecule has 0 aromatic heterocycles. The van der Waals surface area contributed by atoms with Crippen molar-refractivity contribution in [1.82, 2.24) is 10.2 Å². The molecule has 1 N–H and O–H groups in total. The normalized spacial score (nSPS) is 21.7. The molecule has 4 rings (SSSR count). The molecule has 36 heavy (non-hydrogen) atoms. The molecule has 0 heterocycles. The molecule has 194 valence electrons. The summed E-state index contributed by atoms with van der Waals surface area (Å²) in [4.78, 5) is 30.0. The topological polar surface area (TPSA) is 49.4 Å². The van der Waals surface area contributed by atoms with E-state index >= 15 is 0 Å². The van der Waals surface area contributed by atoms with E-state index < -0.39 is 6.04 Å². The lowest BCUT2D eigenvalue weighted by atomic mass is 9.76. The molecule has 2 aromatic rings. The van der Waals surface area contributed by atoms with Crippen LogP contribution < -0.4 is 5.32 Å². The van der Waals surface area contributed by atoms with E-state index in [-0.39, 0.29) is 23.8 Å². The van der Waals surface area contributed by atoms with E-state index in [0.717, 1.165) is 67.0 Å². The van der Waals surface area contributed by atoms with Gasteiger partial charge in [-0.3, -0.25) is 9.59 Å². The summed E-state index contributed by atoms with van der Waals surface area (Å²) in [6.45, 7) is 5.00. The van der Waals surface area contributed by atoms with Crippen molar-refractivity contribution in [2.24, 2.45) is 17.8 Å². The Labute approximate surface area is 225 Å². The number of nitrogens with zero attached hydrogens (tertiary/aromatic N) is 1. The fourth-order valence-electron chi connectivity index (χ4n) is 5.99. The van der Waals surface area contributed by atoms with Crippen LogP contribution in [0.4, 0.5) is 0 Å². The number of carbonyl (C=O) groups excluding carboxylic acids is 2. The summed E-state index contributed by atoms with van der Waals surface area (Å²) in [5.74, 6) is 1.38. The summed E-state index contributed by atoms with van der Waals surface area (Å²) in [6, 6.07) is 17.5. The summed E-state index contributed by atoms with van der Waals surface area (Å²) in [5, 5.41) is 3.33. The third kappa shape index (κ3) is 7.00. The first-order chi connectivity index (χ1) is 17.4. The van der Waals surface area contributed by atoms with Crippen LogP contribution in [-0.2, 0) is 16.1 Å². The zero-order chi connectivity index (χ0) is 25.5. The van der Waals surface area contributed by atoms with Crippen molar-refractivity contribution in [2.45, 2.75) is 90.3 Å². The SMILES string of the molecule is CC(C)C1CCC(C(=O)N(Cc2ccccc2)C(C(=O)NC2CCCCC2)c2ccc(Br)cc2)CC1. The molecule has 5 heteroatoms. The van der Waals surface area contributed by atoms with E-state index in [1.165, 1.54) is 6.42 Å². The summed E-state index contributed by atoms with van der Waals surface area (Å²) in [7, 11) is 0. The van der Waals surface area contributed by atoms with Gasteiger partial charge in [-0.05, 0) is 73.6 Å². The van der Waals surface area contributed by atoms with Crippen molar-refractivity contribution >= 4 is 27.7 Å². The molecule has 0 radical (unpaired) electrons. The van der Waals surface area contributed by atoms with Gasteiger partial charge in [0.15, 0.2) is 0 Å². The lowest BCUT2D eigenvalue weighted by molar-refractivity contribution is -0.146. The van der Waals surface area contributed by atoms with Gasteiger partial charge in [0.1, 0.15) is 6.04 Å². The number of benzene rings is 2. The van der Waals surface area contributed by atoms with Gasteiger partial charge in [0.2, 0.25) is 11.8 Å². The molecule has 0 bridgehead atoms. The second kappa shape index (κ2) is 12.9. The molecular weight excluding hydrogens is 512 g/mol. The fraction of sp³-hybridized carbons (Fsp3) is 0.548. The summed E-state index contributed by atoms with van der Waals surface area (Å²) < 4.78 is 0.964. The summed E-state index contributed by atoms with van der Waals surface area (Å²) in [6.07, 6.45) is 9.57. The van der Waals surface area contributed by atoms with Crippen LogP contribution in [-0.4, -0.2) is 22.8 Å². The van der Waals surface area contributed by atoms with E-state index in [2.05, 4.69) is 35.1 Å². The Hall–Kier alpha value is -2.14. The van der Waals surface area contributed by atoms with Crippen LogP contribution in [0.2, 0.25) is 0 Å². The van der Waals surface area contributed by atoms with Crippen molar-refractivity contribution in [2.75, 3.05) is 0 Å². The van der Waals surface area contributed by atoms with Crippen molar-refractivity contribution in [3.05, 3.63) is 70.2 Å². The molecular formula is C31H41BrN2O2. The molecule has 0 saturated heterocycles. The molecule has 2 aliphatic rings. The van der Waals surface area contributed by atoms with Crippen LogP contribution >= 0.6 is 15.9 Å². The first kappa shape index (κ1) is 26.9. The highest BCUT2D eigenvalue weighted by molar-refractivity contribution is 9.10. The second-order valence-electron chi connectivity index (χ2n) is 11.1. The molecule has 4 nitrogen and oxygen atoms in total. The molecule has 1 unspecified atom stereocenters. The van der Waals surface area contributed by atoms with Crippen LogP contribution in [0, 0.1) is 17.8 Å². The van der Waals surface area contributed by atoms with Crippen molar-refractivity contribution in [1.29, 1.82) is 0 Å². The Kier molecular flexibility index (Phi) is 9.64. The third-order valence-electron chi connectivity index (χ3n) is 8.24. The summed E-state index contributed by atoms with van der Waals surface area (Å²) in [5.41, 5.74) is 1.92. The number of nitrogens with one attached hydrogen (secondary N) is 1. The fourth-order valence-corrected chi connectivity index (χ4v) is 6.25. The molecule has 2 saturated carbocycles. The number of rotatable bonds is 8. The minimum absolute atomic E-state index is 0.0239. The van der Waals surface area contributed by atoms with Crippen LogP contribution in [0.15, 0.2) is 59.1 Å². The van der Waals surface area contributed by atoms with Gasteiger partial charge in [0, 0.05) is 23.0 Å². The Morgan fingerprint density at radius 1 is 0.889 bits per heavy atom. The van der Waals surface area contributed by atoms with Crippen LogP contribution in [0.5, 0.6) is 0 Å². The highest BCUT2D eigenvalue weighted by Gasteiger charge is 2.37. The lowest BCUT2D eigenvalue weighted by Crippen LogP contribution is -2.48. The van der Waals surface area contributed by atoms with Gasteiger partial charge in [0.05, 0.1) is 0 Å². The molecule has 1 atom stereocenters. The average Bonchev–Trinajstić information content (AvgIpc) is 2.90. The Morgan fingerprint density at radius 2 is 1.53 bits per heavy atom. The van der Waals surface area contributed by atoms with Crippen LogP contribution in [0.3, 0.4) is 0 Å². The molecule has 0 aliphatic heterocycles. The number of halogens is 1. The molecule has 0 spiro atoms.